The van der Waals surface area contributed by atoms with Crippen LogP contribution in [0.25, 0.3) is 0 Å². The molecule has 90 valence electrons. The van der Waals surface area contributed by atoms with Crippen molar-refractivity contribution in [2.45, 2.75) is 31.7 Å². The lowest BCUT2D eigenvalue weighted by Gasteiger charge is -2.27. The van der Waals surface area contributed by atoms with E-state index in [1.165, 1.54) is 0 Å². The summed E-state index contributed by atoms with van der Waals surface area (Å²) in [4.78, 5) is 10.2. The van der Waals surface area contributed by atoms with E-state index in [-0.39, 0.29) is 0 Å². The topological polar surface area (TPSA) is 26.3 Å². The van der Waals surface area contributed by atoms with E-state index in [2.05, 4.69) is 4.74 Å². The van der Waals surface area contributed by atoms with Crippen molar-refractivity contribution < 1.29 is 40.3 Å². The Labute approximate surface area is 79.0 Å². The Morgan fingerprint density at radius 1 is 1.07 bits per heavy atom. The summed E-state index contributed by atoms with van der Waals surface area (Å²) in [6.45, 7) is 0.514. The van der Waals surface area contributed by atoms with Crippen LogP contribution in [-0.4, -0.2) is 24.2 Å². The minimum Gasteiger partial charge on any atom is -0.300 e. The zero-order chi connectivity index (χ0) is 12.5. The smallest absolute Gasteiger partial charge is 0.300 e. The summed E-state index contributed by atoms with van der Waals surface area (Å²) in [5.74, 6) is -6.45. The van der Waals surface area contributed by atoms with Crippen LogP contribution in [0.15, 0.2) is 0 Å². The third kappa shape index (κ3) is 4.45. The Bertz CT molecular complexity index is 243. The van der Waals surface area contributed by atoms with Crippen molar-refractivity contribution in [2.24, 2.45) is 0 Å². The Hall–Kier alpha value is -0.860. The quantitative estimate of drug-likeness (QED) is 0.711. The summed E-state index contributed by atoms with van der Waals surface area (Å²) in [7, 11) is 0. The Balaban J connectivity index is 4.96. The molecule has 0 spiro atoms. The third-order valence-corrected chi connectivity index (χ3v) is 1.18. The van der Waals surface area contributed by atoms with Gasteiger partial charge < -0.3 is 0 Å². The first kappa shape index (κ1) is 14.1. The largest absolute Gasteiger partial charge is 0.525 e. The maximum atomic E-state index is 12.8. The molecule has 0 unspecified atom stereocenters. The molecule has 1 atom stereocenters. The van der Waals surface area contributed by atoms with Gasteiger partial charge in [-0.3, -0.25) is 4.79 Å². The molecule has 0 fully saturated rings. The van der Waals surface area contributed by atoms with Crippen LogP contribution in [0.5, 0.6) is 0 Å². The molecule has 0 aliphatic heterocycles. The van der Waals surface area contributed by atoms with Crippen LogP contribution in [-0.2, 0) is 9.53 Å². The standard InChI is InChI=1S/C6H5F7O2/c1-3(14)2-4(7,5(8,9)10)15-6(11,12)13/h2H2,1H3/t4-/m1/s1. The maximum absolute atomic E-state index is 12.8. The predicted molar refractivity (Wildman–Crippen MR) is 32.3 cm³/mol. The van der Waals surface area contributed by atoms with E-state index in [1.807, 2.05) is 0 Å². The van der Waals surface area contributed by atoms with Crippen molar-refractivity contribution in [2.75, 3.05) is 0 Å². The molecule has 0 aliphatic rings. The van der Waals surface area contributed by atoms with Crippen LogP contribution in [0.2, 0.25) is 0 Å². The molecule has 0 aromatic heterocycles. The van der Waals surface area contributed by atoms with Crippen molar-refractivity contribution in [1.82, 2.24) is 0 Å². The molecule has 0 saturated carbocycles. The number of hydrogen-bond acceptors (Lipinski definition) is 2. The first-order valence-electron chi connectivity index (χ1n) is 3.39. The summed E-state index contributed by atoms with van der Waals surface area (Å²) in [5.41, 5.74) is 0. The van der Waals surface area contributed by atoms with Crippen molar-refractivity contribution in [1.29, 1.82) is 0 Å². The van der Waals surface area contributed by atoms with Gasteiger partial charge in [-0.05, 0) is 6.92 Å². The predicted octanol–water partition coefficient (Wildman–Crippen LogP) is 2.73. The summed E-state index contributed by atoms with van der Waals surface area (Å²) in [6.07, 6.45) is -13.8. The molecule has 0 saturated heterocycles. The molecule has 0 rings (SSSR count). The zero-order valence-corrected chi connectivity index (χ0v) is 7.17. The minimum absolute atomic E-state index is 0.514. The fourth-order valence-electron chi connectivity index (χ4n) is 0.698. The highest BCUT2D eigenvalue weighted by molar-refractivity contribution is 5.76. The van der Waals surface area contributed by atoms with Gasteiger partial charge in [0.2, 0.25) is 0 Å². The summed E-state index contributed by atoms with van der Waals surface area (Å²) < 4.78 is 84.9. The van der Waals surface area contributed by atoms with Crippen molar-refractivity contribution >= 4 is 5.78 Å². The van der Waals surface area contributed by atoms with E-state index in [0.717, 1.165) is 0 Å². The fraction of sp³-hybridized carbons (Fsp3) is 0.833. The number of ketones is 1. The van der Waals surface area contributed by atoms with E-state index in [0.29, 0.717) is 6.92 Å². The molecule has 9 heteroatoms. The molecule has 0 amide bonds. The zero-order valence-electron chi connectivity index (χ0n) is 7.17. The first-order chi connectivity index (χ1) is 6.37. The van der Waals surface area contributed by atoms with Gasteiger partial charge in [-0.1, -0.05) is 0 Å². The molecule has 0 N–H and O–H groups in total. The average Bonchev–Trinajstić information content (AvgIpc) is 1.75. The number of rotatable bonds is 3. The van der Waals surface area contributed by atoms with Crippen LogP contribution >= 0.6 is 0 Å². The molecular formula is C6H5F7O2. The number of halogens is 7. The van der Waals surface area contributed by atoms with Gasteiger partial charge in [0.15, 0.2) is 0 Å². The SMILES string of the molecule is CC(=O)C[C@@](F)(OC(F)(F)F)C(F)(F)F. The van der Waals surface area contributed by atoms with Gasteiger partial charge in [0, 0.05) is 0 Å². The average molecular weight is 242 g/mol. The normalized spacial score (nSPS) is 17.3. The molecule has 0 aliphatic carbocycles. The second-order valence-corrected chi connectivity index (χ2v) is 2.65. The van der Waals surface area contributed by atoms with Crippen LogP contribution in [0, 0.1) is 0 Å². The number of Topliss-reactive ketones (excluding diaryl/α,β-unsaturated/α-hetero) is 1. The highest BCUT2D eigenvalue weighted by Gasteiger charge is 2.62. The van der Waals surface area contributed by atoms with E-state index in [1.54, 1.807) is 0 Å². The lowest BCUT2D eigenvalue weighted by molar-refractivity contribution is -0.446. The molecule has 0 heterocycles. The van der Waals surface area contributed by atoms with Crippen LogP contribution < -0.4 is 0 Å². The van der Waals surface area contributed by atoms with Crippen LogP contribution in [0.1, 0.15) is 13.3 Å². The van der Waals surface area contributed by atoms with Gasteiger partial charge >= 0.3 is 18.4 Å². The van der Waals surface area contributed by atoms with E-state index < -0.39 is 30.6 Å². The third-order valence-electron chi connectivity index (χ3n) is 1.18. The molecule has 0 aromatic rings. The van der Waals surface area contributed by atoms with Crippen molar-refractivity contribution in [3.05, 3.63) is 0 Å². The van der Waals surface area contributed by atoms with Crippen LogP contribution in [0.4, 0.5) is 30.7 Å². The van der Waals surface area contributed by atoms with Gasteiger partial charge in [-0.15, -0.1) is 13.2 Å². The maximum Gasteiger partial charge on any atom is 0.525 e. The van der Waals surface area contributed by atoms with Gasteiger partial charge in [0.1, 0.15) is 5.78 Å². The fourth-order valence-corrected chi connectivity index (χ4v) is 0.698. The first-order valence-corrected chi connectivity index (χ1v) is 3.39. The second-order valence-electron chi connectivity index (χ2n) is 2.65. The Kier molecular flexibility index (Phi) is 3.72. The molecule has 0 radical (unpaired) electrons. The van der Waals surface area contributed by atoms with Gasteiger partial charge in [-0.25, -0.2) is 9.13 Å². The second kappa shape index (κ2) is 3.95. The van der Waals surface area contributed by atoms with Gasteiger partial charge in [0.05, 0.1) is 6.42 Å². The number of carbonyl (C=O) groups excluding carboxylic acids is 1. The molecule has 2 nitrogen and oxygen atoms in total. The number of hydrogen-bond donors (Lipinski definition) is 0. The number of alkyl halides is 7. The molecule has 0 bridgehead atoms. The monoisotopic (exact) mass is 242 g/mol. The Morgan fingerprint density at radius 2 is 1.47 bits per heavy atom. The van der Waals surface area contributed by atoms with Crippen molar-refractivity contribution in [3.8, 4) is 0 Å². The lowest BCUT2D eigenvalue weighted by Crippen LogP contribution is -2.48. The number of carbonyl (C=O) groups is 1. The molecule has 0 aromatic carbocycles. The highest BCUT2D eigenvalue weighted by Crippen LogP contribution is 2.42. The summed E-state index contributed by atoms with van der Waals surface area (Å²) >= 11 is 0. The summed E-state index contributed by atoms with van der Waals surface area (Å²) in [5, 5.41) is 0. The van der Waals surface area contributed by atoms with Gasteiger partial charge in [0.25, 0.3) is 0 Å². The lowest BCUT2D eigenvalue weighted by atomic mass is 10.1. The number of ether oxygens (including phenoxy) is 1. The molecule has 15 heavy (non-hydrogen) atoms. The van der Waals surface area contributed by atoms with Crippen LogP contribution in [0.3, 0.4) is 0 Å². The van der Waals surface area contributed by atoms with Crippen molar-refractivity contribution in [3.63, 3.8) is 0 Å². The summed E-state index contributed by atoms with van der Waals surface area (Å²) in [6, 6.07) is 0. The highest BCUT2D eigenvalue weighted by atomic mass is 19.4. The molecular weight excluding hydrogens is 237 g/mol. The van der Waals surface area contributed by atoms with E-state index >= 15 is 0 Å². The minimum atomic E-state index is -5.94. The van der Waals surface area contributed by atoms with Gasteiger partial charge in [-0.2, -0.15) is 13.2 Å². The van der Waals surface area contributed by atoms with E-state index in [4.69, 9.17) is 0 Å². The Morgan fingerprint density at radius 3 is 1.67 bits per heavy atom. The van der Waals surface area contributed by atoms with E-state index in [9.17, 15) is 35.5 Å².